The van der Waals surface area contributed by atoms with Gasteiger partial charge >= 0.3 is 0 Å². The van der Waals surface area contributed by atoms with Crippen molar-refractivity contribution in [2.75, 3.05) is 7.05 Å². The van der Waals surface area contributed by atoms with Crippen LogP contribution in [0.15, 0.2) is 29.2 Å². The van der Waals surface area contributed by atoms with Crippen molar-refractivity contribution in [2.24, 2.45) is 0 Å². The van der Waals surface area contributed by atoms with Crippen molar-refractivity contribution in [1.82, 2.24) is 4.90 Å². The molecule has 0 spiro atoms. The average molecular weight is 221 g/mol. The van der Waals surface area contributed by atoms with Crippen LogP contribution in [-0.2, 0) is 0 Å². The zero-order valence-corrected chi connectivity index (χ0v) is 9.71. The van der Waals surface area contributed by atoms with E-state index in [1.54, 1.807) is 0 Å². The van der Waals surface area contributed by atoms with Crippen molar-refractivity contribution >= 4 is 18.5 Å². The number of amides is 1. The lowest BCUT2D eigenvalue weighted by Gasteiger charge is -2.34. The van der Waals surface area contributed by atoms with Crippen LogP contribution in [0.25, 0.3) is 0 Å². The summed E-state index contributed by atoms with van der Waals surface area (Å²) in [7, 11) is 1.89. The van der Waals surface area contributed by atoms with Gasteiger partial charge in [-0.1, -0.05) is 6.07 Å². The lowest BCUT2D eigenvalue weighted by molar-refractivity contribution is 0.0652. The van der Waals surface area contributed by atoms with E-state index in [0.29, 0.717) is 6.04 Å². The molecule has 2 nitrogen and oxygen atoms in total. The number of rotatable bonds is 2. The Morgan fingerprint density at radius 3 is 2.73 bits per heavy atom. The monoisotopic (exact) mass is 221 g/mol. The number of thiol groups is 1. The van der Waals surface area contributed by atoms with Crippen molar-refractivity contribution in [3.63, 3.8) is 0 Å². The minimum atomic E-state index is 0.107. The molecule has 1 aliphatic carbocycles. The average Bonchev–Trinajstić information content (AvgIpc) is 2.14. The van der Waals surface area contributed by atoms with E-state index in [1.807, 2.05) is 36.2 Å². The van der Waals surface area contributed by atoms with Gasteiger partial charge < -0.3 is 4.90 Å². The number of hydrogen-bond acceptors (Lipinski definition) is 2. The molecule has 0 atom stereocenters. The molecule has 80 valence electrons. The number of nitrogens with zero attached hydrogens (tertiary/aromatic N) is 1. The maximum absolute atomic E-state index is 12.0. The van der Waals surface area contributed by atoms with Crippen LogP contribution < -0.4 is 0 Å². The molecule has 15 heavy (non-hydrogen) atoms. The first kappa shape index (κ1) is 10.6. The predicted octanol–water partition coefficient (Wildman–Crippen LogP) is 2.60. The molecule has 1 aromatic rings. The lowest BCUT2D eigenvalue weighted by atomic mass is 9.91. The van der Waals surface area contributed by atoms with Crippen molar-refractivity contribution in [1.29, 1.82) is 0 Å². The van der Waals surface area contributed by atoms with Crippen molar-refractivity contribution in [3.8, 4) is 0 Å². The van der Waals surface area contributed by atoms with E-state index in [1.165, 1.54) is 6.42 Å². The van der Waals surface area contributed by atoms with Gasteiger partial charge in [0.1, 0.15) is 0 Å². The zero-order valence-electron chi connectivity index (χ0n) is 8.81. The molecule has 2 rings (SSSR count). The summed E-state index contributed by atoms with van der Waals surface area (Å²) >= 11 is 4.24. The molecule has 0 aliphatic heterocycles. The summed E-state index contributed by atoms with van der Waals surface area (Å²) in [5.41, 5.74) is 0.733. The third kappa shape index (κ3) is 2.17. The van der Waals surface area contributed by atoms with Crippen LogP contribution in [0.3, 0.4) is 0 Å². The molecule has 0 saturated heterocycles. The Morgan fingerprint density at radius 2 is 2.20 bits per heavy atom. The standard InChI is InChI=1S/C12H15NOS/c1-13(10-5-3-6-10)12(14)9-4-2-7-11(15)8-9/h2,4,7-8,10,15H,3,5-6H2,1H3. The van der Waals surface area contributed by atoms with E-state index >= 15 is 0 Å². The van der Waals surface area contributed by atoms with Crippen LogP contribution in [0.1, 0.15) is 29.6 Å². The molecule has 3 heteroatoms. The fraction of sp³-hybridized carbons (Fsp3) is 0.417. The first-order valence-electron chi connectivity index (χ1n) is 5.24. The van der Waals surface area contributed by atoms with E-state index in [4.69, 9.17) is 0 Å². The van der Waals surface area contributed by atoms with E-state index in [-0.39, 0.29) is 5.91 Å². The van der Waals surface area contributed by atoms with Crippen LogP contribution >= 0.6 is 12.6 Å². The highest BCUT2D eigenvalue weighted by Crippen LogP contribution is 2.25. The molecular weight excluding hydrogens is 206 g/mol. The molecule has 1 saturated carbocycles. The second-order valence-electron chi connectivity index (χ2n) is 4.05. The number of carbonyl (C=O) groups is 1. The third-order valence-electron chi connectivity index (χ3n) is 3.04. The van der Waals surface area contributed by atoms with Crippen LogP contribution in [0, 0.1) is 0 Å². The minimum absolute atomic E-state index is 0.107. The Kier molecular flexibility index (Phi) is 3.00. The van der Waals surface area contributed by atoms with Crippen LogP contribution in [0.5, 0.6) is 0 Å². The van der Waals surface area contributed by atoms with Crippen LogP contribution in [0.4, 0.5) is 0 Å². The van der Waals surface area contributed by atoms with Crippen molar-refractivity contribution in [3.05, 3.63) is 29.8 Å². The molecule has 0 bridgehead atoms. The van der Waals surface area contributed by atoms with Gasteiger partial charge in [0.15, 0.2) is 0 Å². The maximum Gasteiger partial charge on any atom is 0.253 e. The molecule has 0 radical (unpaired) electrons. The summed E-state index contributed by atoms with van der Waals surface area (Å²) < 4.78 is 0. The van der Waals surface area contributed by atoms with E-state index in [2.05, 4.69) is 12.6 Å². The summed E-state index contributed by atoms with van der Waals surface area (Å²) in [6.07, 6.45) is 3.53. The Hall–Kier alpha value is -0.960. The van der Waals surface area contributed by atoms with Crippen molar-refractivity contribution < 1.29 is 4.79 Å². The summed E-state index contributed by atoms with van der Waals surface area (Å²) in [6.45, 7) is 0. The van der Waals surface area contributed by atoms with Crippen LogP contribution in [0.2, 0.25) is 0 Å². The Balaban J connectivity index is 2.12. The van der Waals surface area contributed by atoms with E-state index in [0.717, 1.165) is 23.3 Å². The van der Waals surface area contributed by atoms with Gasteiger partial charge in [0.2, 0.25) is 0 Å². The molecule has 0 N–H and O–H groups in total. The molecule has 1 aliphatic rings. The molecule has 1 aromatic carbocycles. The van der Waals surface area contributed by atoms with Gasteiger partial charge in [0, 0.05) is 23.5 Å². The maximum atomic E-state index is 12.0. The Bertz CT molecular complexity index is 374. The number of hydrogen-bond donors (Lipinski definition) is 1. The van der Waals surface area contributed by atoms with Crippen LogP contribution in [-0.4, -0.2) is 23.9 Å². The minimum Gasteiger partial charge on any atom is -0.339 e. The molecule has 0 aromatic heterocycles. The Morgan fingerprint density at radius 1 is 1.47 bits per heavy atom. The van der Waals surface area contributed by atoms with Gasteiger partial charge in [0.05, 0.1) is 0 Å². The number of benzene rings is 1. The van der Waals surface area contributed by atoms with Gasteiger partial charge in [-0.05, 0) is 37.5 Å². The summed E-state index contributed by atoms with van der Waals surface area (Å²) in [5, 5.41) is 0. The van der Waals surface area contributed by atoms with Crippen molar-refractivity contribution in [2.45, 2.75) is 30.2 Å². The SMILES string of the molecule is CN(C(=O)c1cccc(S)c1)C1CCC1. The fourth-order valence-electron chi connectivity index (χ4n) is 1.78. The first-order valence-corrected chi connectivity index (χ1v) is 5.69. The highest BCUT2D eigenvalue weighted by atomic mass is 32.1. The second-order valence-corrected chi connectivity index (χ2v) is 4.57. The lowest BCUT2D eigenvalue weighted by Crippen LogP contribution is -2.41. The predicted molar refractivity (Wildman–Crippen MR) is 63.4 cm³/mol. The summed E-state index contributed by atoms with van der Waals surface area (Å²) in [6, 6.07) is 7.85. The molecule has 0 heterocycles. The normalized spacial score (nSPS) is 15.9. The number of carbonyl (C=O) groups excluding carboxylic acids is 1. The summed E-state index contributed by atoms with van der Waals surface area (Å²) in [5.74, 6) is 0.107. The zero-order chi connectivity index (χ0) is 10.8. The fourth-order valence-corrected chi connectivity index (χ4v) is 2.01. The molecular formula is C12H15NOS. The molecule has 0 unspecified atom stereocenters. The van der Waals surface area contributed by atoms with E-state index < -0.39 is 0 Å². The first-order chi connectivity index (χ1) is 7.18. The van der Waals surface area contributed by atoms with Gasteiger partial charge in [-0.3, -0.25) is 4.79 Å². The highest BCUT2D eigenvalue weighted by Gasteiger charge is 2.26. The summed E-state index contributed by atoms with van der Waals surface area (Å²) in [4.78, 5) is 14.7. The van der Waals surface area contributed by atoms with Gasteiger partial charge in [-0.2, -0.15) is 0 Å². The largest absolute Gasteiger partial charge is 0.339 e. The third-order valence-corrected chi connectivity index (χ3v) is 3.31. The highest BCUT2D eigenvalue weighted by molar-refractivity contribution is 7.80. The second kappa shape index (κ2) is 4.27. The van der Waals surface area contributed by atoms with Gasteiger partial charge in [-0.15, -0.1) is 12.6 Å². The van der Waals surface area contributed by atoms with Gasteiger partial charge in [-0.25, -0.2) is 0 Å². The smallest absolute Gasteiger partial charge is 0.253 e. The quantitative estimate of drug-likeness (QED) is 0.761. The Labute approximate surface area is 95.7 Å². The molecule has 1 fully saturated rings. The topological polar surface area (TPSA) is 20.3 Å². The van der Waals surface area contributed by atoms with E-state index in [9.17, 15) is 4.79 Å². The molecule has 1 amide bonds. The van der Waals surface area contributed by atoms with Gasteiger partial charge in [0.25, 0.3) is 5.91 Å².